The number of nitro groups is 1. The Morgan fingerprint density at radius 3 is 2.09 bits per heavy atom. The van der Waals surface area contributed by atoms with E-state index >= 15 is 0 Å². The maximum Gasteiger partial charge on any atom is 0.411 e. The molecule has 44 heavy (non-hydrogen) atoms. The third-order valence-corrected chi connectivity index (χ3v) is 7.20. The van der Waals surface area contributed by atoms with Crippen molar-refractivity contribution in [3.63, 3.8) is 0 Å². The van der Waals surface area contributed by atoms with Crippen LogP contribution in [0.5, 0.6) is 0 Å². The summed E-state index contributed by atoms with van der Waals surface area (Å²) < 4.78 is 5.50. The predicted octanol–water partition coefficient (Wildman–Crippen LogP) is 5.02. The predicted molar refractivity (Wildman–Crippen MR) is 159 cm³/mol. The maximum absolute atomic E-state index is 13.2. The number of fused-ring (bicyclic) bond motifs is 3. The van der Waals surface area contributed by atoms with Crippen molar-refractivity contribution < 1.29 is 39.1 Å². The number of nitrogens with zero attached hydrogens (tertiary/aromatic N) is 2. The Morgan fingerprint density at radius 2 is 1.57 bits per heavy atom. The lowest BCUT2D eigenvalue weighted by atomic mass is 9.98. The number of carbonyl (C=O) groups is 4. The molecule has 0 spiro atoms. The van der Waals surface area contributed by atoms with Gasteiger partial charge in [0.1, 0.15) is 18.2 Å². The number of ether oxygens (including phenoxy) is 1. The molecule has 0 bridgehead atoms. The fourth-order valence-electron chi connectivity index (χ4n) is 5.21. The first-order valence-corrected chi connectivity index (χ1v) is 13.7. The number of nitro benzene ring substituents is 1. The number of carbonyl (C=O) groups excluding carboxylic acids is 2. The minimum Gasteiger partial charge on any atom is -0.481 e. The van der Waals surface area contributed by atoms with Gasteiger partial charge in [-0.05, 0) is 61.6 Å². The number of amides is 2. The van der Waals surface area contributed by atoms with Crippen LogP contribution in [0, 0.1) is 10.1 Å². The molecule has 1 aliphatic carbocycles. The third kappa shape index (κ3) is 7.01. The van der Waals surface area contributed by atoms with Crippen LogP contribution in [0.1, 0.15) is 61.0 Å². The van der Waals surface area contributed by atoms with Gasteiger partial charge in [-0.25, -0.2) is 9.80 Å². The highest BCUT2D eigenvalue weighted by atomic mass is 16.6. The number of carboxylic acid groups (broad SMARTS) is 2. The first-order chi connectivity index (χ1) is 20.8. The molecule has 0 radical (unpaired) electrons. The molecule has 2 amide bonds. The van der Waals surface area contributed by atoms with Crippen molar-refractivity contribution in [2.75, 3.05) is 11.9 Å². The second-order valence-electron chi connectivity index (χ2n) is 11.2. The first kappa shape index (κ1) is 31.6. The van der Waals surface area contributed by atoms with E-state index in [1.54, 1.807) is 20.8 Å². The van der Waals surface area contributed by atoms with E-state index < -0.39 is 58.1 Å². The zero-order valence-electron chi connectivity index (χ0n) is 24.3. The van der Waals surface area contributed by atoms with Gasteiger partial charge in [-0.1, -0.05) is 48.5 Å². The Balaban J connectivity index is 1.48. The number of hydrazine groups is 1. The van der Waals surface area contributed by atoms with Gasteiger partial charge in [0, 0.05) is 23.9 Å². The highest BCUT2D eigenvalue weighted by Gasteiger charge is 2.37. The molecule has 4 rings (SSSR count). The van der Waals surface area contributed by atoms with Crippen LogP contribution in [0.15, 0.2) is 66.7 Å². The molecule has 0 heterocycles. The van der Waals surface area contributed by atoms with Crippen molar-refractivity contribution in [1.82, 2.24) is 10.4 Å². The quantitative estimate of drug-likeness (QED) is 0.171. The Kier molecular flexibility index (Phi) is 9.29. The van der Waals surface area contributed by atoms with E-state index in [4.69, 9.17) is 9.84 Å². The summed E-state index contributed by atoms with van der Waals surface area (Å²) in [7, 11) is 0. The Bertz CT molecular complexity index is 1570. The number of anilines is 1. The highest BCUT2D eigenvalue weighted by molar-refractivity contribution is 5.99. The topological polar surface area (TPSA) is 188 Å². The molecule has 1 atom stereocenters. The van der Waals surface area contributed by atoms with Crippen molar-refractivity contribution >= 4 is 35.3 Å². The van der Waals surface area contributed by atoms with E-state index in [1.165, 1.54) is 6.07 Å². The molecule has 230 valence electrons. The number of nitrogens with one attached hydrogen (secondary N) is 2. The van der Waals surface area contributed by atoms with Crippen LogP contribution in [-0.2, 0) is 14.3 Å². The minimum absolute atomic E-state index is 0.00280. The van der Waals surface area contributed by atoms with Gasteiger partial charge in [0.15, 0.2) is 0 Å². The van der Waals surface area contributed by atoms with Crippen molar-refractivity contribution in [2.45, 2.75) is 51.1 Å². The fourth-order valence-corrected chi connectivity index (χ4v) is 5.21. The summed E-state index contributed by atoms with van der Waals surface area (Å²) in [5, 5.41) is 34.2. The zero-order valence-corrected chi connectivity index (χ0v) is 24.3. The van der Waals surface area contributed by atoms with Gasteiger partial charge in [-0.15, -0.1) is 0 Å². The second-order valence-corrected chi connectivity index (χ2v) is 11.2. The van der Waals surface area contributed by atoms with Crippen molar-refractivity contribution in [1.29, 1.82) is 0 Å². The second kappa shape index (κ2) is 12.9. The average molecular weight is 605 g/mol. The van der Waals surface area contributed by atoms with Crippen molar-refractivity contribution in [2.24, 2.45) is 0 Å². The maximum atomic E-state index is 13.2. The van der Waals surface area contributed by atoms with E-state index in [1.807, 2.05) is 48.5 Å². The largest absolute Gasteiger partial charge is 0.481 e. The monoisotopic (exact) mass is 604 g/mol. The summed E-state index contributed by atoms with van der Waals surface area (Å²) in [5.74, 6) is -3.77. The number of carboxylic acids is 2. The Hall–Kier alpha value is -5.30. The molecule has 13 nitrogen and oxygen atoms in total. The highest BCUT2D eigenvalue weighted by Crippen LogP contribution is 2.44. The van der Waals surface area contributed by atoms with Crippen LogP contribution in [0.2, 0.25) is 0 Å². The van der Waals surface area contributed by atoms with E-state index in [0.29, 0.717) is 0 Å². The van der Waals surface area contributed by atoms with Gasteiger partial charge in [-0.2, -0.15) is 0 Å². The van der Waals surface area contributed by atoms with Crippen LogP contribution >= 0.6 is 0 Å². The zero-order chi connectivity index (χ0) is 32.2. The van der Waals surface area contributed by atoms with Crippen molar-refractivity contribution in [3.05, 3.63) is 93.5 Å². The lowest BCUT2D eigenvalue weighted by Crippen LogP contribution is -2.60. The molecule has 4 N–H and O–H groups in total. The molecule has 0 unspecified atom stereocenters. The van der Waals surface area contributed by atoms with E-state index in [0.717, 1.165) is 39.4 Å². The van der Waals surface area contributed by atoms with E-state index in [-0.39, 0.29) is 24.6 Å². The van der Waals surface area contributed by atoms with Gasteiger partial charge >= 0.3 is 18.0 Å². The Labute approximate surface area is 252 Å². The number of rotatable bonds is 11. The third-order valence-electron chi connectivity index (χ3n) is 7.20. The van der Waals surface area contributed by atoms with Gasteiger partial charge < -0.3 is 14.9 Å². The number of hydrogen-bond donors (Lipinski definition) is 4. The molecule has 3 aromatic rings. The van der Waals surface area contributed by atoms with Gasteiger partial charge in [0.25, 0.3) is 11.6 Å². The molecule has 0 fully saturated rings. The van der Waals surface area contributed by atoms with Crippen molar-refractivity contribution in [3.8, 4) is 11.1 Å². The molecule has 3 aromatic carbocycles. The summed E-state index contributed by atoms with van der Waals surface area (Å²) in [6, 6.07) is 17.6. The minimum atomic E-state index is -1.43. The van der Waals surface area contributed by atoms with E-state index in [2.05, 4.69) is 10.7 Å². The average Bonchev–Trinajstić information content (AvgIpc) is 3.28. The number of aliphatic carboxylic acids is 2. The lowest BCUT2D eigenvalue weighted by molar-refractivity contribution is -0.385. The SMILES string of the molecule is CC(C)(C)N(NC(=O)c1ccc(NC(=O)OCC2c3ccccc3-c3ccccc32)cc1[N+](=O)[O-])[C@@H](CCC(=O)O)C(=O)O. The summed E-state index contributed by atoms with van der Waals surface area (Å²) in [5.41, 5.74) is 4.51. The van der Waals surface area contributed by atoms with Crippen LogP contribution < -0.4 is 10.7 Å². The molecular weight excluding hydrogens is 572 g/mol. The lowest BCUT2D eigenvalue weighted by Gasteiger charge is -2.39. The fraction of sp³-hybridized carbons (Fsp3) is 0.290. The summed E-state index contributed by atoms with van der Waals surface area (Å²) >= 11 is 0. The molecule has 13 heteroatoms. The van der Waals surface area contributed by atoms with Crippen LogP contribution in [0.3, 0.4) is 0 Å². The van der Waals surface area contributed by atoms with Gasteiger partial charge in [0.2, 0.25) is 0 Å². The molecule has 1 aliphatic rings. The van der Waals surface area contributed by atoms with Crippen LogP contribution in [-0.4, -0.2) is 62.3 Å². The van der Waals surface area contributed by atoms with Crippen LogP contribution in [0.4, 0.5) is 16.2 Å². The molecule has 0 saturated carbocycles. The summed E-state index contributed by atoms with van der Waals surface area (Å²) in [6.07, 6.45) is -1.65. The molecule has 0 saturated heterocycles. The van der Waals surface area contributed by atoms with Crippen LogP contribution in [0.25, 0.3) is 11.1 Å². The van der Waals surface area contributed by atoms with Gasteiger partial charge in [0.05, 0.1) is 10.6 Å². The Morgan fingerprint density at radius 1 is 0.977 bits per heavy atom. The number of hydrogen-bond acceptors (Lipinski definition) is 8. The summed E-state index contributed by atoms with van der Waals surface area (Å²) in [4.78, 5) is 60.0. The van der Waals surface area contributed by atoms with Gasteiger partial charge in [-0.3, -0.25) is 35.2 Å². The first-order valence-electron chi connectivity index (χ1n) is 13.7. The smallest absolute Gasteiger partial charge is 0.411 e. The molecule has 0 aliphatic heterocycles. The number of benzene rings is 3. The normalized spacial score (nSPS) is 13.0. The summed E-state index contributed by atoms with van der Waals surface area (Å²) in [6.45, 7) is 4.82. The standard InChI is InChI=1S/C31H32N4O9/c1-31(2,3)34(25(29(39)40)14-15-27(36)37)33-28(38)23-13-12-18(16-26(23)35(42)43)32-30(41)44-17-24-21-10-6-4-8-19(21)20-9-5-7-11-22(20)24/h4-13,16,24-25H,14-15,17H2,1-3H3,(H,32,41)(H,33,38)(H,36,37)(H,39,40)/t25-/m0/s1. The molecule has 0 aromatic heterocycles. The molecular formula is C31H32N4O9. The van der Waals surface area contributed by atoms with E-state index in [9.17, 15) is 34.4 Å².